The number of para-hydroxylation sites is 1. The van der Waals surface area contributed by atoms with Crippen LogP contribution in [0.5, 0.6) is 0 Å². The number of hydrogen-bond donors (Lipinski definition) is 0. The highest BCUT2D eigenvalue weighted by atomic mass is 16.5. The van der Waals surface area contributed by atoms with Crippen LogP contribution in [0.2, 0.25) is 0 Å². The maximum absolute atomic E-state index is 12.5. The van der Waals surface area contributed by atoms with Gasteiger partial charge in [0, 0.05) is 18.5 Å². The molecule has 1 aliphatic rings. The van der Waals surface area contributed by atoms with Crippen LogP contribution < -0.4 is 4.90 Å². The van der Waals surface area contributed by atoms with Gasteiger partial charge in [-0.3, -0.25) is 4.98 Å². The number of anilines is 1. The molecule has 0 amide bonds. The summed E-state index contributed by atoms with van der Waals surface area (Å²) in [5, 5.41) is 1.04. The van der Waals surface area contributed by atoms with Gasteiger partial charge in [0.1, 0.15) is 5.56 Å². The number of aromatic nitrogens is 1. The number of hydrogen-bond acceptors (Lipinski definition) is 4. The van der Waals surface area contributed by atoms with Gasteiger partial charge >= 0.3 is 5.97 Å². The molecule has 1 aromatic heterocycles. The molecule has 4 nitrogen and oxygen atoms in total. The van der Waals surface area contributed by atoms with E-state index >= 15 is 0 Å². The molecule has 0 saturated carbocycles. The molecule has 3 rings (SSSR count). The molecule has 0 unspecified atom stereocenters. The molecule has 116 valence electrons. The molecule has 4 heteroatoms. The lowest BCUT2D eigenvalue weighted by molar-refractivity contribution is 0.0526. The summed E-state index contributed by atoms with van der Waals surface area (Å²) in [7, 11) is 0. The number of aryl methyl sites for hydroxylation is 1. The quantitative estimate of drug-likeness (QED) is 0.810. The van der Waals surface area contributed by atoms with E-state index < -0.39 is 0 Å². The van der Waals surface area contributed by atoms with Crippen LogP contribution in [0.25, 0.3) is 10.9 Å². The number of nitrogens with zero attached hydrogens (tertiary/aromatic N) is 2. The average Bonchev–Trinajstić information content (AvgIpc) is 2.54. The lowest BCUT2D eigenvalue weighted by Crippen LogP contribution is -2.31. The Morgan fingerprint density at radius 2 is 1.95 bits per heavy atom. The fraction of sp³-hybridized carbons (Fsp3) is 0.444. The van der Waals surface area contributed by atoms with Gasteiger partial charge in [-0.25, -0.2) is 4.79 Å². The van der Waals surface area contributed by atoms with Crippen LogP contribution in [0.15, 0.2) is 24.3 Å². The second kappa shape index (κ2) is 6.34. The van der Waals surface area contributed by atoms with Crippen molar-refractivity contribution in [3.05, 3.63) is 35.5 Å². The van der Waals surface area contributed by atoms with Gasteiger partial charge in [-0.1, -0.05) is 18.2 Å². The standard InChI is InChI=1S/C18H22N2O2/c1-3-22-18(21)16-13(2)19-15-10-6-5-9-14(15)17(16)20-11-7-4-8-12-20/h5-6,9-10H,3-4,7-8,11-12H2,1-2H3. The Morgan fingerprint density at radius 1 is 1.23 bits per heavy atom. The first kappa shape index (κ1) is 14.8. The van der Waals surface area contributed by atoms with Gasteiger partial charge in [0.15, 0.2) is 0 Å². The lowest BCUT2D eigenvalue weighted by Gasteiger charge is -2.31. The molecular weight excluding hydrogens is 276 g/mol. The molecule has 0 N–H and O–H groups in total. The largest absolute Gasteiger partial charge is 0.462 e. The number of esters is 1. The minimum atomic E-state index is -0.265. The fourth-order valence-corrected chi connectivity index (χ4v) is 3.21. The minimum Gasteiger partial charge on any atom is -0.462 e. The van der Waals surface area contributed by atoms with Crippen molar-refractivity contribution in [1.82, 2.24) is 4.98 Å². The molecule has 0 spiro atoms. The number of carbonyl (C=O) groups excluding carboxylic acids is 1. The zero-order valence-electron chi connectivity index (χ0n) is 13.3. The van der Waals surface area contributed by atoms with Crippen LogP contribution in [-0.2, 0) is 4.74 Å². The minimum absolute atomic E-state index is 0.265. The number of rotatable bonds is 3. The molecule has 2 heterocycles. The predicted octanol–water partition coefficient (Wildman–Crippen LogP) is 3.71. The third-order valence-corrected chi connectivity index (χ3v) is 4.20. The average molecular weight is 298 g/mol. The van der Waals surface area contributed by atoms with Crippen molar-refractivity contribution in [1.29, 1.82) is 0 Å². The number of piperidine rings is 1. The zero-order chi connectivity index (χ0) is 15.5. The molecule has 1 aromatic carbocycles. The number of benzene rings is 1. The summed E-state index contributed by atoms with van der Waals surface area (Å²) in [5.74, 6) is -0.265. The molecule has 0 bridgehead atoms. The Morgan fingerprint density at radius 3 is 2.68 bits per heavy atom. The van der Waals surface area contributed by atoms with E-state index in [1.54, 1.807) is 0 Å². The van der Waals surface area contributed by atoms with Gasteiger partial charge in [0.25, 0.3) is 0 Å². The molecular formula is C18H22N2O2. The summed E-state index contributed by atoms with van der Waals surface area (Å²) in [6, 6.07) is 8.04. The van der Waals surface area contributed by atoms with Crippen LogP contribution >= 0.6 is 0 Å². The summed E-state index contributed by atoms with van der Waals surface area (Å²) in [5.41, 5.74) is 3.31. The summed E-state index contributed by atoms with van der Waals surface area (Å²) in [6.45, 7) is 6.08. The Hall–Kier alpha value is -2.10. The van der Waals surface area contributed by atoms with Crippen molar-refractivity contribution in [2.24, 2.45) is 0 Å². The highest BCUT2D eigenvalue weighted by molar-refractivity contribution is 6.06. The molecule has 22 heavy (non-hydrogen) atoms. The topological polar surface area (TPSA) is 42.4 Å². The van der Waals surface area contributed by atoms with E-state index in [1.807, 2.05) is 32.0 Å². The number of ether oxygens (including phenoxy) is 1. The van der Waals surface area contributed by atoms with Gasteiger partial charge < -0.3 is 9.64 Å². The predicted molar refractivity (Wildman–Crippen MR) is 88.5 cm³/mol. The van der Waals surface area contributed by atoms with E-state index in [2.05, 4.69) is 16.0 Å². The van der Waals surface area contributed by atoms with Crippen molar-refractivity contribution in [3.8, 4) is 0 Å². The highest BCUT2D eigenvalue weighted by Crippen LogP contribution is 2.34. The number of fused-ring (bicyclic) bond motifs is 1. The van der Waals surface area contributed by atoms with Crippen molar-refractivity contribution < 1.29 is 9.53 Å². The van der Waals surface area contributed by atoms with Gasteiger partial charge in [0.05, 0.1) is 23.5 Å². The van der Waals surface area contributed by atoms with Gasteiger partial charge in [-0.05, 0) is 39.2 Å². The summed E-state index contributed by atoms with van der Waals surface area (Å²) < 4.78 is 5.28. The van der Waals surface area contributed by atoms with E-state index in [9.17, 15) is 4.79 Å². The fourth-order valence-electron chi connectivity index (χ4n) is 3.21. The van der Waals surface area contributed by atoms with Crippen LogP contribution in [0.3, 0.4) is 0 Å². The maximum atomic E-state index is 12.5. The van der Waals surface area contributed by atoms with E-state index in [0.717, 1.165) is 48.2 Å². The molecule has 1 saturated heterocycles. The van der Waals surface area contributed by atoms with Crippen LogP contribution in [-0.4, -0.2) is 30.6 Å². The number of pyridine rings is 1. The first-order valence-corrected chi connectivity index (χ1v) is 8.03. The van der Waals surface area contributed by atoms with Crippen molar-refractivity contribution in [2.75, 3.05) is 24.6 Å². The molecule has 0 radical (unpaired) electrons. The first-order chi connectivity index (χ1) is 10.7. The normalized spacial score (nSPS) is 15.1. The second-order valence-electron chi connectivity index (χ2n) is 5.71. The Labute approximate surface area is 131 Å². The number of carbonyl (C=O) groups is 1. The monoisotopic (exact) mass is 298 g/mol. The Kier molecular flexibility index (Phi) is 4.27. The molecule has 1 aliphatic heterocycles. The highest BCUT2D eigenvalue weighted by Gasteiger charge is 2.25. The smallest absolute Gasteiger partial charge is 0.342 e. The van der Waals surface area contributed by atoms with Crippen molar-refractivity contribution in [2.45, 2.75) is 33.1 Å². The van der Waals surface area contributed by atoms with E-state index in [0.29, 0.717) is 12.2 Å². The Bertz CT molecular complexity index is 691. The van der Waals surface area contributed by atoms with Crippen LogP contribution in [0.1, 0.15) is 42.2 Å². The van der Waals surface area contributed by atoms with Gasteiger partial charge in [-0.15, -0.1) is 0 Å². The van der Waals surface area contributed by atoms with Crippen molar-refractivity contribution >= 4 is 22.6 Å². The molecule has 0 atom stereocenters. The molecule has 1 fully saturated rings. The first-order valence-electron chi connectivity index (χ1n) is 8.03. The third kappa shape index (κ3) is 2.65. The maximum Gasteiger partial charge on any atom is 0.342 e. The second-order valence-corrected chi connectivity index (χ2v) is 5.71. The SMILES string of the molecule is CCOC(=O)c1c(C)nc2ccccc2c1N1CCCCC1. The van der Waals surface area contributed by atoms with E-state index in [1.165, 1.54) is 6.42 Å². The van der Waals surface area contributed by atoms with E-state index in [-0.39, 0.29) is 5.97 Å². The zero-order valence-corrected chi connectivity index (χ0v) is 13.3. The third-order valence-electron chi connectivity index (χ3n) is 4.20. The van der Waals surface area contributed by atoms with Crippen LogP contribution in [0.4, 0.5) is 5.69 Å². The summed E-state index contributed by atoms with van der Waals surface area (Å²) >= 11 is 0. The van der Waals surface area contributed by atoms with Crippen molar-refractivity contribution in [3.63, 3.8) is 0 Å². The molecule has 0 aliphatic carbocycles. The summed E-state index contributed by atoms with van der Waals surface area (Å²) in [4.78, 5) is 19.4. The lowest BCUT2D eigenvalue weighted by atomic mass is 10.0. The van der Waals surface area contributed by atoms with Gasteiger partial charge in [-0.2, -0.15) is 0 Å². The Balaban J connectivity index is 2.22. The van der Waals surface area contributed by atoms with Crippen LogP contribution in [0, 0.1) is 6.92 Å². The van der Waals surface area contributed by atoms with E-state index in [4.69, 9.17) is 4.74 Å². The van der Waals surface area contributed by atoms with Gasteiger partial charge in [0.2, 0.25) is 0 Å². The summed E-state index contributed by atoms with van der Waals surface area (Å²) in [6.07, 6.45) is 3.59. The molecule has 2 aromatic rings.